The standard InChI is InChI=1S/C15H21NO2/c17-15(18)9-10-16-11-12-5-7-14(8-6-12)13-3-1-2-4-13/h5-8,13,16H,1-4,9-11H2,(H,17,18). The first-order valence-electron chi connectivity index (χ1n) is 6.77. The van der Waals surface area contributed by atoms with Crippen LogP contribution in [0.5, 0.6) is 0 Å². The molecule has 0 spiro atoms. The molecule has 2 N–H and O–H groups in total. The lowest BCUT2D eigenvalue weighted by Gasteiger charge is -2.10. The SMILES string of the molecule is O=C(O)CCNCc1ccc(C2CCCC2)cc1. The van der Waals surface area contributed by atoms with Crippen molar-refractivity contribution in [1.82, 2.24) is 5.32 Å². The van der Waals surface area contributed by atoms with Gasteiger partial charge in [0.25, 0.3) is 0 Å². The van der Waals surface area contributed by atoms with E-state index in [1.807, 2.05) is 0 Å². The molecule has 2 rings (SSSR count). The maximum atomic E-state index is 10.4. The molecule has 1 aromatic rings. The first-order valence-corrected chi connectivity index (χ1v) is 6.77. The van der Waals surface area contributed by atoms with E-state index in [9.17, 15) is 4.79 Å². The zero-order valence-corrected chi connectivity index (χ0v) is 10.7. The van der Waals surface area contributed by atoms with Crippen molar-refractivity contribution in [2.45, 2.75) is 44.6 Å². The maximum absolute atomic E-state index is 10.4. The summed E-state index contributed by atoms with van der Waals surface area (Å²) in [7, 11) is 0. The molecule has 0 amide bonds. The zero-order valence-electron chi connectivity index (χ0n) is 10.7. The van der Waals surface area contributed by atoms with E-state index in [-0.39, 0.29) is 6.42 Å². The van der Waals surface area contributed by atoms with Crippen LogP contribution in [0.25, 0.3) is 0 Å². The van der Waals surface area contributed by atoms with Crippen LogP contribution in [0.15, 0.2) is 24.3 Å². The molecule has 0 atom stereocenters. The van der Waals surface area contributed by atoms with Gasteiger partial charge in [-0.15, -0.1) is 0 Å². The van der Waals surface area contributed by atoms with Crippen LogP contribution < -0.4 is 5.32 Å². The predicted octanol–water partition coefficient (Wildman–Crippen LogP) is 2.91. The van der Waals surface area contributed by atoms with Gasteiger partial charge in [-0.1, -0.05) is 37.1 Å². The molecule has 1 aliphatic carbocycles. The van der Waals surface area contributed by atoms with E-state index in [1.54, 1.807) is 0 Å². The van der Waals surface area contributed by atoms with Crippen molar-refractivity contribution in [1.29, 1.82) is 0 Å². The number of carboxylic acid groups (broad SMARTS) is 1. The number of carbonyl (C=O) groups is 1. The van der Waals surface area contributed by atoms with Crippen LogP contribution in [0.2, 0.25) is 0 Å². The third-order valence-electron chi connectivity index (χ3n) is 3.65. The number of benzene rings is 1. The first kappa shape index (κ1) is 13.1. The molecule has 0 saturated heterocycles. The highest BCUT2D eigenvalue weighted by atomic mass is 16.4. The molecule has 0 bridgehead atoms. The molecule has 1 saturated carbocycles. The van der Waals surface area contributed by atoms with Gasteiger partial charge >= 0.3 is 5.97 Å². The number of hydrogen-bond donors (Lipinski definition) is 2. The highest BCUT2D eigenvalue weighted by Crippen LogP contribution is 2.33. The minimum atomic E-state index is -0.751. The summed E-state index contributed by atoms with van der Waals surface area (Å²) in [5.74, 6) is 0.0121. The van der Waals surface area contributed by atoms with Crippen molar-refractivity contribution >= 4 is 5.97 Å². The Balaban J connectivity index is 1.78. The van der Waals surface area contributed by atoms with Crippen molar-refractivity contribution in [3.8, 4) is 0 Å². The second kappa shape index (κ2) is 6.55. The molecule has 0 unspecified atom stereocenters. The Morgan fingerprint density at radius 3 is 2.50 bits per heavy atom. The quantitative estimate of drug-likeness (QED) is 0.760. The van der Waals surface area contributed by atoms with E-state index < -0.39 is 5.97 Å². The number of carboxylic acids is 1. The van der Waals surface area contributed by atoms with Crippen LogP contribution in [0.3, 0.4) is 0 Å². The third-order valence-corrected chi connectivity index (χ3v) is 3.65. The van der Waals surface area contributed by atoms with Gasteiger partial charge in [-0.25, -0.2) is 0 Å². The fourth-order valence-electron chi connectivity index (χ4n) is 2.59. The summed E-state index contributed by atoms with van der Waals surface area (Å²) in [4.78, 5) is 10.4. The molecule has 0 aromatic heterocycles. The molecule has 3 nitrogen and oxygen atoms in total. The third kappa shape index (κ3) is 3.84. The van der Waals surface area contributed by atoms with Gasteiger partial charge in [0.1, 0.15) is 0 Å². The number of rotatable bonds is 6. The number of nitrogens with one attached hydrogen (secondary N) is 1. The second-order valence-electron chi connectivity index (χ2n) is 5.04. The van der Waals surface area contributed by atoms with Gasteiger partial charge in [-0.2, -0.15) is 0 Å². The highest BCUT2D eigenvalue weighted by Gasteiger charge is 2.16. The van der Waals surface area contributed by atoms with Gasteiger partial charge in [0, 0.05) is 13.1 Å². The summed E-state index contributed by atoms with van der Waals surface area (Å²) < 4.78 is 0. The summed E-state index contributed by atoms with van der Waals surface area (Å²) in [6.45, 7) is 1.28. The Morgan fingerprint density at radius 2 is 1.89 bits per heavy atom. The summed E-state index contributed by atoms with van der Waals surface area (Å²) in [6.07, 6.45) is 5.57. The Kier molecular flexibility index (Phi) is 4.76. The molecule has 1 aliphatic rings. The van der Waals surface area contributed by atoms with Crippen molar-refractivity contribution in [3.05, 3.63) is 35.4 Å². The molecular formula is C15H21NO2. The van der Waals surface area contributed by atoms with Gasteiger partial charge in [0.05, 0.1) is 6.42 Å². The number of aliphatic carboxylic acids is 1. The van der Waals surface area contributed by atoms with Crippen LogP contribution in [-0.2, 0) is 11.3 Å². The molecule has 1 fully saturated rings. The molecule has 0 heterocycles. The molecular weight excluding hydrogens is 226 g/mol. The Morgan fingerprint density at radius 1 is 1.22 bits per heavy atom. The van der Waals surface area contributed by atoms with Gasteiger partial charge in [-0.3, -0.25) is 4.79 Å². The summed E-state index contributed by atoms with van der Waals surface area (Å²) in [5, 5.41) is 11.7. The van der Waals surface area contributed by atoms with Gasteiger partial charge in [-0.05, 0) is 29.9 Å². The minimum Gasteiger partial charge on any atom is -0.481 e. The lowest BCUT2D eigenvalue weighted by Crippen LogP contribution is -2.17. The average molecular weight is 247 g/mol. The lowest BCUT2D eigenvalue weighted by molar-refractivity contribution is -0.136. The first-order chi connectivity index (χ1) is 8.75. The van der Waals surface area contributed by atoms with E-state index in [4.69, 9.17) is 5.11 Å². The van der Waals surface area contributed by atoms with Crippen molar-refractivity contribution < 1.29 is 9.90 Å². The zero-order chi connectivity index (χ0) is 12.8. The Hall–Kier alpha value is -1.35. The molecule has 1 aromatic carbocycles. The monoisotopic (exact) mass is 247 g/mol. The van der Waals surface area contributed by atoms with Gasteiger partial charge in [0.15, 0.2) is 0 Å². The smallest absolute Gasteiger partial charge is 0.304 e. The fourth-order valence-corrected chi connectivity index (χ4v) is 2.59. The van der Waals surface area contributed by atoms with Crippen molar-refractivity contribution in [3.63, 3.8) is 0 Å². The number of hydrogen-bond acceptors (Lipinski definition) is 2. The van der Waals surface area contributed by atoms with Crippen LogP contribution >= 0.6 is 0 Å². The van der Waals surface area contributed by atoms with Crippen molar-refractivity contribution in [2.75, 3.05) is 6.54 Å². The Bertz CT molecular complexity index is 380. The molecule has 3 heteroatoms. The second-order valence-corrected chi connectivity index (χ2v) is 5.04. The minimum absolute atomic E-state index is 0.181. The summed E-state index contributed by atoms with van der Waals surface area (Å²) in [5.41, 5.74) is 2.68. The van der Waals surface area contributed by atoms with Crippen LogP contribution in [0.1, 0.15) is 49.1 Å². The van der Waals surface area contributed by atoms with Crippen LogP contribution in [-0.4, -0.2) is 17.6 Å². The maximum Gasteiger partial charge on any atom is 0.304 e. The van der Waals surface area contributed by atoms with Gasteiger partial charge < -0.3 is 10.4 Å². The predicted molar refractivity (Wildman–Crippen MR) is 71.6 cm³/mol. The van der Waals surface area contributed by atoms with Crippen molar-refractivity contribution in [2.24, 2.45) is 0 Å². The topological polar surface area (TPSA) is 49.3 Å². The normalized spacial score (nSPS) is 16.0. The average Bonchev–Trinajstić information content (AvgIpc) is 2.89. The van der Waals surface area contributed by atoms with E-state index in [0.717, 1.165) is 12.5 Å². The summed E-state index contributed by atoms with van der Waals surface area (Å²) >= 11 is 0. The lowest BCUT2D eigenvalue weighted by atomic mass is 9.97. The molecule has 98 valence electrons. The van der Waals surface area contributed by atoms with E-state index in [2.05, 4.69) is 29.6 Å². The highest BCUT2D eigenvalue weighted by molar-refractivity contribution is 5.66. The molecule has 0 radical (unpaired) electrons. The molecule has 0 aliphatic heterocycles. The van der Waals surface area contributed by atoms with E-state index >= 15 is 0 Å². The van der Waals surface area contributed by atoms with Crippen LogP contribution in [0, 0.1) is 0 Å². The van der Waals surface area contributed by atoms with E-state index in [0.29, 0.717) is 6.54 Å². The largest absolute Gasteiger partial charge is 0.481 e. The van der Waals surface area contributed by atoms with Gasteiger partial charge in [0.2, 0.25) is 0 Å². The molecule has 18 heavy (non-hydrogen) atoms. The Labute approximate surface area is 108 Å². The van der Waals surface area contributed by atoms with Crippen LogP contribution in [0.4, 0.5) is 0 Å². The van der Waals surface area contributed by atoms with E-state index in [1.165, 1.54) is 36.8 Å². The summed E-state index contributed by atoms with van der Waals surface area (Å²) in [6, 6.07) is 8.76. The fraction of sp³-hybridized carbons (Fsp3) is 0.533.